The van der Waals surface area contributed by atoms with Crippen molar-refractivity contribution in [3.8, 4) is 0 Å². The SMILES string of the molecule is CN(C)CCCNC(=O)C(=O)Nc1ccc2nc[nH]c2c1. The zero-order valence-corrected chi connectivity index (χ0v) is 12.1. The maximum absolute atomic E-state index is 11.8. The molecule has 0 radical (unpaired) electrons. The lowest BCUT2D eigenvalue weighted by molar-refractivity contribution is -0.136. The molecule has 7 nitrogen and oxygen atoms in total. The van der Waals surface area contributed by atoms with Gasteiger partial charge in [0.1, 0.15) is 0 Å². The first-order valence-corrected chi connectivity index (χ1v) is 6.73. The van der Waals surface area contributed by atoms with Crippen molar-refractivity contribution >= 4 is 28.5 Å². The number of imidazole rings is 1. The standard InChI is InChI=1S/C14H19N5O2/c1-19(2)7-3-6-15-13(20)14(21)18-10-4-5-11-12(8-10)17-9-16-11/h4-5,8-9H,3,6-7H2,1-2H3,(H,15,20)(H,16,17)(H,18,21). The Morgan fingerprint density at radius 3 is 2.86 bits per heavy atom. The highest BCUT2D eigenvalue weighted by Crippen LogP contribution is 2.15. The molecule has 7 heteroatoms. The Labute approximate surface area is 122 Å². The van der Waals surface area contributed by atoms with Crippen LogP contribution >= 0.6 is 0 Å². The third-order valence-corrected chi connectivity index (χ3v) is 2.95. The third-order valence-electron chi connectivity index (χ3n) is 2.95. The zero-order valence-electron chi connectivity index (χ0n) is 12.1. The van der Waals surface area contributed by atoms with Crippen LogP contribution in [0.1, 0.15) is 6.42 Å². The highest BCUT2D eigenvalue weighted by molar-refractivity contribution is 6.39. The van der Waals surface area contributed by atoms with Gasteiger partial charge in [0.2, 0.25) is 0 Å². The summed E-state index contributed by atoms with van der Waals surface area (Å²) in [5.41, 5.74) is 2.17. The molecule has 0 unspecified atom stereocenters. The van der Waals surface area contributed by atoms with Gasteiger partial charge in [-0.1, -0.05) is 0 Å². The highest BCUT2D eigenvalue weighted by atomic mass is 16.2. The number of carbonyl (C=O) groups is 2. The highest BCUT2D eigenvalue weighted by Gasteiger charge is 2.13. The molecule has 1 aromatic carbocycles. The summed E-state index contributed by atoms with van der Waals surface area (Å²) in [6, 6.07) is 5.22. The second-order valence-corrected chi connectivity index (χ2v) is 5.00. The summed E-state index contributed by atoms with van der Waals surface area (Å²) < 4.78 is 0. The van der Waals surface area contributed by atoms with Crippen molar-refractivity contribution in [3.63, 3.8) is 0 Å². The van der Waals surface area contributed by atoms with Crippen LogP contribution in [-0.4, -0.2) is 53.9 Å². The summed E-state index contributed by atoms with van der Waals surface area (Å²) in [7, 11) is 3.92. The normalized spacial score (nSPS) is 10.8. The molecule has 0 fully saturated rings. The van der Waals surface area contributed by atoms with Crippen molar-refractivity contribution in [2.75, 3.05) is 32.5 Å². The predicted octanol–water partition coefficient (Wildman–Crippen LogP) is 0.569. The van der Waals surface area contributed by atoms with Gasteiger partial charge in [-0.15, -0.1) is 0 Å². The van der Waals surface area contributed by atoms with Crippen molar-refractivity contribution in [1.29, 1.82) is 0 Å². The number of amides is 2. The van der Waals surface area contributed by atoms with Crippen LogP contribution in [0.15, 0.2) is 24.5 Å². The molecule has 2 amide bonds. The van der Waals surface area contributed by atoms with E-state index < -0.39 is 11.8 Å². The molecule has 112 valence electrons. The smallest absolute Gasteiger partial charge is 0.313 e. The number of fused-ring (bicyclic) bond motifs is 1. The van der Waals surface area contributed by atoms with Crippen molar-refractivity contribution in [2.45, 2.75) is 6.42 Å². The van der Waals surface area contributed by atoms with E-state index in [9.17, 15) is 9.59 Å². The third kappa shape index (κ3) is 4.28. The largest absolute Gasteiger partial charge is 0.348 e. The number of nitrogens with one attached hydrogen (secondary N) is 3. The van der Waals surface area contributed by atoms with Gasteiger partial charge in [0.05, 0.1) is 17.4 Å². The van der Waals surface area contributed by atoms with E-state index in [1.807, 2.05) is 19.0 Å². The zero-order chi connectivity index (χ0) is 15.2. The van der Waals surface area contributed by atoms with Crippen LogP contribution < -0.4 is 10.6 Å². The topological polar surface area (TPSA) is 90.1 Å². The molecular formula is C14H19N5O2. The van der Waals surface area contributed by atoms with E-state index in [0.717, 1.165) is 24.0 Å². The summed E-state index contributed by atoms with van der Waals surface area (Å²) in [5, 5.41) is 5.16. The van der Waals surface area contributed by atoms with E-state index in [0.29, 0.717) is 12.2 Å². The Hall–Kier alpha value is -2.41. The number of anilines is 1. The van der Waals surface area contributed by atoms with Crippen LogP contribution in [0.2, 0.25) is 0 Å². The fraction of sp³-hybridized carbons (Fsp3) is 0.357. The first kappa shape index (κ1) is 15.0. The quantitative estimate of drug-likeness (QED) is 0.554. The molecule has 0 saturated heterocycles. The second kappa shape index (κ2) is 6.85. The summed E-state index contributed by atoms with van der Waals surface area (Å²) >= 11 is 0. The fourth-order valence-electron chi connectivity index (χ4n) is 1.88. The number of benzene rings is 1. The Kier molecular flexibility index (Phi) is 4.89. The van der Waals surface area contributed by atoms with Crippen molar-refractivity contribution < 1.29 is 9.59 Å². The first-order chi connectivity index (χ1) is 10.1. The van der Waals surface area contributed by atoms with Crippen LogP contribution in [0.25, 0.3) is 11.0 Å². The summed E-state index contributed by atoms with van der Waals surface area (Å²) in [6.45, 7) is 1.34. The number of nitrogens with zero attached hydrogens (tertiary/aromatic N) is 2. The molecule has 0 spiro atoms. The molecular weight excluding hydrogens is 270 g/mol. The minimum Gasteiger partial charge on any atom is -0.348 e. The lowest BCUT2D eigenvalue weighted by Gasteiger charge is -2.10. The molecule has 0 aliphatic carbocycles. The second-order valence-electron chi connectivity index (χ2n) is 5.00. The monoisotopic (exact) mass is 289 g/mol. The van der Waals surface area contributed by atoms with Crippen LogP contribution in [-0.2, 0) is 9.59 Å². The predicted molar refractivity (Wildman–Crippen MR) is 80.9 cm³/mol. The van der Waals surface area contributed by atoms with Crippen LogP contribution in [0, 0.1) is 0 Å². The molecule has 0 aliphatic rings. The Bertz CT molecular complexity index is 635. The molecule has 1 aromatic heterocycles. The van der Waals surface area contributed by atoms with Gasteiger partial charge in [-0.25, -0.2) is 4.98 Å². The van der Waals surface area contributed by atoms with Gasteiger partial charge in [0, 0.05) is 12.2 Å². The van der Waals surface area contributed by atoms with E-state index in [4.69, 9.17) is 0 Å². The van der Waals surface area contributed by atoms with Crippen molar-refractivity contribution in [1.82, 2.24) is 20.2 Å². The molecule has 0 atom stereocenters. The van der Waals surface area contributed by atoms with Gasteiger partial charge >= 0.3 is 11.8 Å². The maximum Gasteiger partial charge on any atom is 0.313 e. The number of rotatable bonds is 5. The number of aromatic amines is 1. The maximum atomic E-state index is 11.8. The van der Waals surface area contributed by atoms with Crippen molar-refractivity contribution in [3.05, 3.63) is 24.5 Å². The Morgan fingerprint density at radius 2 is 2.10 bits per heavy atom. The van der Waals surface area contributed by atoms with Crippen molar-refractivity contribution in [2.24, 2.45) is 0 Å². The first-order valence-electron chi connectivity index (χ1n) is 6.73. The number of H-pyrrole nitrogens is 1. The summed E-state index contributed by atoms with van der Waals surface area (Å²) in [6.07, 6.45) is 2.37. The van der Waals surface area contributed by atoms with Crippen LogP contribution in [0.4, 0.5) is 5.69 Å². The molecule has 1 heterocycles. The lowest BCUT2D eigenvalue weighted by Crippen LogP contribution is -2.36. The minimum absolute atomic E-state index is 0.476. The molecule has 21 heavy (non-hydrogen) atoms. The summed E-state index contributed by atoms with van der Waals surface area (Å²) in [5.74, 6) is -1.29. The number of hydrogen-bond donors (Lipinski definition) is 3. The number of carbonyl (C=O) groups excluding carboxylic acids is 2. The molecule has 0 saturated carbocycles. The van der Waals surface area contributed by atoms with E-state index >= 15 is 0 Å². The van der Waals surface area contributed by atoms with E-state index in [1.54, 1.807) is 24.5 Å². The van der Waals surface area contributed by atoms with Crippen LogP contribution in [0.3, 0.4) is 0 Å². The molecule has 2 aromatic rings. The van der Waals surface area contributed by atoms with Gasteiger partial charge < -0.3 is 20.5 Å². The average Bonchev–Trinajstić information content (AvgIpc) is 2.90. The van der Waals surface area contributed by atoms with Gasteiger partial charge in [-0.2, -0.15) is 0 Å². The molecule has 3 N–H and O–H groups in total. The van der Waals surface area contributed by atoms with Crippen LogP contribution in [0.5, 0.6) is 0 Å². The minimum atomic E-state index is -0.668. The average molecular weight is 289 g/mol. The lowest BCUT2D eigenvalue weighted by atomic mass is 10.2. The van der Waals surface area contributed by atoms with Gasteiger partial charge in [0.25, 0.3) is 0 Å². The molecule has 0 bridgehead atoms. The van der Waals surface area contributed by atoms with Gasteiger partial charge in [-0.05, 0) is 45.3 Å². The van der Waals surface area contributed by atoms with Gasteiger partial charge in [0.15, 0.2) is 0 Å². The number of aromatic nitrogens is 2. The molecule has 2 rings (SSSR count). The van der Waals surface area contributed by atoms with Gasteiger partial charge in [-0.3, -0.25) is 9.59 Å². The summed E-state index contributed by atoms with van der Waals surface area (Å²) in [4.78, 5) is 32.5. The Balaban J connectivity index is 1.84. The Morgan fingerprint density at radius 1 is 1.29 bits per heavy atom. The molecule has 0 aliphatic heterocycles. The van der Waals surface area contributed by atoms with E-state index in [1.165, 1.54) is 0 Å². The van der Waals surface area contributed by atoms with E-state index in [2.05, 4.69) is 20.6 Å². The van der Waals surface area contributed by atoms with E-state index in [-0.39, 0.29) is 0 Å². The number of hydrogen-bond acceptors (Lipinski definition) is 4. The fourth-order valence-corrected chi connectivity index (χ4v) is 1.88.